The van der Waals surface area contributed by atoms with Gasteiger partial charge in [-0.15, -0.1) is 0 Å². The van der Waals surface area contributed by atoms with E-state index in [0.29, 0.717) is 5.56 Å². The molecular formula is C20H19NO7. The first-order valence-corrected chi connectivity index (χ1v) is 8.87. The fraction of sp³-hybridized carbons (Fsp3) is 0.300. The van der Waals surface area contributed by atoms with Crippen LogP contribution in [0.5, 0.6) is 11.5 Å². The lowest BCUT2D eigenvalue weighted by atomic mass is 10.1. The van der Waals surface area contributed by atoms with Crippen LogP contribution in [-0.4, -0.2) is 36.5 Å². The maximum atomic E-state index is 12.4. The van der Waals surface area contributed by atoms with Gasteiger partial charge in [0.1, 0.15) is 18.8 Å². The number of ether oxygens (including phenoxy) is 3. The number of aryl methyl sites for hydroxylation is 1. The highest BCUT2D eigenvalue weighted by atomic mass is 16.6. The van der Waals surface area contributed by atoms with E-state index < -0.39 is 29.0 Å². The summed E-state index contributed by atoms with van der Waals surface area (Å²) < 4.78 is 15.7. The third-order valence-electron chi connectivity index (χ3n) is 4.23. The SMILES string of the molecule is CCCc1ccc(C(=O)COC(=O)c2cc3c(cc2[N+](=O)[O-])OCCO3)cc1. The van der Waals surface area contributed by atoms with Crippen molar-refractivity contribution >= 4 is 17.4 Å². The second-order valence-electron chi connectivity index (χ2n) is 6.22. The molecule has 146 valence electrons. The average molecular weight is 385 g/mol. The van der Waals surface area contributed by atoms with Gasteiger partial charge < -0.3 is 14.2 Å². The normalized spacial score (nSPS) is 12.3. The summed E-state index contributed by atoms with van der Waals surface area (Å²) in [6.07, 6.45) is 1.91. The van der Waals surface area contributed by atoms with E-state index in [1.807, 2.05) is 12.1 Å². The van der Waals surface area contributed by atoms with Crippen LogP contribution < -0.4 is 9.47 Å². The molecule has 1 heterocycles. The van der Waals surface area contributed by atoms with Crippen molar-refractivity contribution in [1.29, 1.82) is 0 Å². The number of esters is 1. The third kappa shape index (κ3) is 4.28. The summed E-state index contributed by atoms with van der Waals surface area (Å²) in [6, 6.07) is 9.38. The number of nitro groups is 1. The topological polar surface area (TPSA) is 105 Å². The van der Waals surface area contributed by atoms with Crippen molar-refractivity contribution in [2.24, 2.45) is 0 Å². The van der Waals surface area contributed by atoms with Gasteiger partial charge in [-0.25, -0.2) is 4.79 Å². The molecule has 0 bridgehead atoms. The van der Waals surface area contributed by atoms with Crippen molar-refractivity contribution in [1.82, 2.24) is 0 Å². The van der Waals surface area contributed by atoms with E-state index in [4.69, 9.17) is 14.2 Å². The average Bonchev–Trinajstić information content (AvgIpc) is 2.71. The minimum absolute atomic E-state index is 0.192. The molecule has 2 aromatic rings. The van der Waals surface area contributed by atoms with Gasteiger partial charge in [0.2, 0.25) is 0 Å². The van der Waals surface area contributed by atoms with E-state index in [1.165, 1.54) is 6.07 Å². The first kappa shape index (κ1) is 19.3. The number of rotatable bonds is 7. The highest BCUT2D eigenvalue weighted by molar-refractivity contribution is 6.00. The Morgan fingerprint density at radius 3 is 2.36 bits per heavy atom. The van der Waals surface area contributed by atoms with Gasteiger partial charge in [0, 0.05) is 11.6 Å². The largest absolute Gasteiger partial charge is 0.486 e. The van der Waals surface area contributed by atoms with Crippen molar-refractivity contribution in [3.63, 3.8) is 0 Å². The number of fused-ring (bicyclic) bond motifs is 1. The van der Waals surface area contributed by atoms with Crippen molar-refractivity contribution in [2.75, 3.05) is 19.8 Å². The number of carbonyl (C=O) groups excluding carboxylic acids is 2. The molecule has 1 aliphatic rings. The van der Waals surface area contributed by atoms with Crippen molar-refractivity contribution < 1.29 is 28.7 Å². The van der Waals surface area contributed by atoms with E-state index in [2.05, 4.69) is 6.92 Å². The number of ketones is 1. The van der Waals surface area contributed by atoms with Crippen LogP contribution in [0.4, 0.5) is 5.69 Å². The molecule has 0 fully saturated rings. The number of nitrogens with zero attached hydrogens (tertiary/aromatic N) is 1. The molecule has 0 unspecified atom stereocenters. The van der Waals surface area contributed by atoms with E-state index in [0.717, 1.165) is 24.5 Å². The number of benzene rings is 2. The van der Waals surface area contributed by atoms with Gasteiger partial charge in [-0.2, -0.15) is 0 Å². The van der Waals surface area contributed by atoms with Crippen LogP contribution in [0.25, 0.3) is 0 Å². The Kier molecular flexibility index (Phi) is 5.88. The molecule has 0 N–H and O–H groups in total. The van der Waals surface area contributed by atoms with E-state index in [9.17, 15) is 19.7 Å². The molecule has 0 atom stereocenters. The zero-order valence-electron chi connectivity index (χ0n) is 15.3. The maximum absolute atomic E-state index is 12.4. The fourth-order valence-corrected chi connectivity index (χ4v) is 2.83. The molecule has 2 aromatic carbocycles. The lowest BCUT2D eigenvalue weighted by Crippen LogP contribution is -2.18. The Hall–Kier alpha value is -3.42. The summed E-state index contributed by atoms with van der Waals surface area (Å²) in [6.45, 7) is 2.08. The molecule has 0 saturated carbocycles. The molecule has 0 aromatic heterocycles. The van der Waals surface area contributed by atoms with Gasteiger partial charge in [0.05, 0.1) is 11.0 Å². The Balaban J connectivity index is 1.72. The molecule has 0 spiro atoms. The van der Waals surface area contributed by atoms with Crippen LogP contribution in [0.1, 0.15) is 39.6 Å². The maximum Gasteiger partial charge on any atom is 0.345 e. The monoisotopic (exact) mass is 385 g/mol. The van der Waals surface area contributed by atoms with Crippen LogP contribution in [0, 0.1) is 10.1 Å². The molecule has 0 radical (unpaired) electrons. The zero-order chi connectivity index (χ0) is 20.1. The number of hydrogen-bond acceptors (Lipinski definition) is 7. The Morgan fingerprint density at radius 2 is 1.75 bits per heavy atom. The Labute approximate surface area is 161 Å². The quantitative estimate of drug-likeness (QED) is 0.311. The molecular weight excluding hydrogens is 366 g/mol. The number of Topliss-reactive ketones (excluding diaryl/α,β-unsaturated/α-hetero) is 1. The molecule has 1 aliphatic heterocycles. The summed E-state index contributed by atoms with van der Waals surface area (Å²) >= 11 is 0. The second kappa shape index (κ2) is 8.51. The molecule has 0 amide bonds. The van der Waals surface area contributed by atoms with Gasteiger partial charge in [-0.05, 0) is 12.0 Å². The lowest BCUT2D eigenvalue weighted by molar-refractivity contribution is -0.385. The second-order valence-corrected chi connectivity index (χ2v) is 6.22. The van der Waals surface area contributed by atoms with Gasteiger partial charge in [0.15, 0.2) is 23.9 Å². The molecule has 0 aliphatic carbocycles. The third-order valence-corrected chi connectivity index (χ3v) is 4.23. The smallest absolute Gasteiger partial charge is 0.345 e. The van der Waals surface area contributed by atoms with Crippen LogP contribution in [-0.2, 0) is 11.2 Å². The number of nitro benzene ring substituents is 1. The van der Waals surface area contributed by atoms with Crippen LogP contribution in [0.3, 0.4) is 0 Å². The van der Waals surface area contributed by atoms with Gasteiger partial charge in [-0.1, -0.05) is 37.6 Å². The van der Waals surface area contributed by atoms with Crippen molar-refractivity contribution in [3.8, 4) is 11.5 Å². The molecule has 3 rings (SSSR count). The van der Waals surface area contributed by atoms with Gasteiger partial charge >= 0.3 is 5.97 Å². The zero-order valence-corrected chi connectivity index (χ0v) is 15.3. The standard InChI is InChI=1S/C20H19NO7/c1-2-3-13-4-6-14(7-5-13)17(22)12-28-20(23)15-10-18-19(27-9-8-26-18)11-16(15)21(24)25/h4-7,10-11H,2-3,8-9,12H2,1H3. The van der Waals surface area contributed by atoms with E-state index >= 15 is 0 Å². The molecule has 0 saturated heterocycles. The van der Waals surface area contributed by atoms with Gasteiger partial charge in [-0.3, -0.25) is 14.9 Å². The fourth-order valence-electron chi connectivity index (χ4n) is 2.83. The number of carbonyl (C=O) groups is 2. The minimum atomic E-state index is -0.973. The van der Waals surface area contributed by atoms with Crippen molar-refractivity contribution in [2.45, 2.75) is 19.8 Å². The molecule has 8 heteroatoms. The van der Waals surface area contributed by atoms with Crippen LogP contribution in [0.15, 0.2) is 36.4 Å². The Bertz CT molecular complexity index is 906. The van der Waals surface area contributed by atoms with Crippen molar-refractivity contribution in [3.05, 3.63) is 63.2 Å². The lowest BCUT2D eigenvalue weighted by Gasteiger charge is -2.18. The highest BCUT2D eigenvalue weighted by Gasteiger charge is 2.27. The first-order chi connectivity index (χ1) is 13.5. The molecule has 8 nitrogen and oxygen atoms in total. The van der Waals surface area contributed by atoms with Crippen LogP contribution >= 0.6 is 0 Å². The predicted octanol–water partition coefficient (Wildman–Crippen LogP) is 3.36. The van der Waals surface area contributed by atoms with E-state index in [-0.39, 0.29) is 30.3 Å². The Morgan fingerprint density at radius 1 is 1.11 bits per heavy atom. The van der Waals surface area contributed by atoms with E-state index in [1.54, 1.807) is 12.1 Å². The highest BCUT2D eigenvalue weighted by Crippen LogP contribution is 2.36. The van der Waals surface area contributed by atoms with Crippen LogP contribution in [0.2, 0.25) is 0 Å². The number of hydrogen-bond donors (Lipinski definition) is 0. The first-order valence-electron chi connectivity index (χ1n) is 8.87. The summed E-state index contributed by atoms with van der Waals surface area (Å²) in [5.74, 6) is -0.949. The molecule has 28 heavy (non-hydrogen) atoms. The minimum Gasteiger partial charge on any atom is -0.486 e. The summed E-state index contributed by atoms with van der Waals surface area (Å²) in [7, 11) is 0. The summed E-state index contributed by atoms with van der Waals surface area (Å²) in [5, 5.41) is 11.3. The summed E-state index contributed by atoms with van der Waals surface area (Å²) in [4.78, 5) is 35.2. The van der Waals surface area contributed by atoms with Gasteiger partial charge in [0.25, 0.3) is 5.69 Å². The summed E-state index contributed by atoms with van der Waals surface area (Å²) in [5.41, 5.74) is 0.762. The predicted molar refractivity (Wildman–Crippen MR) is 99.1 cm³/mol.